The van der Waals surface area contributed by atoms with Gasteiger partial charge in [-0.1, -0.05) is 11.2 Å². The molecular formula is C19H20FN3O2. The van der Waals surface area contributed by atoms with E-state index < -0.39 is 5.82 Å². The molecule has 1 N–H and O–H groups in total. The third-order valence-corrected chi connectivity index (χ3v) is 4.08. The fraction of sp³-hybridized carbons (Fsp3) is 0.263. The molecule has 0 amide bonds. The van der Waals surface area contributed by atoms with E-state index in [1.165, 1.54) is 6.07 Å². The Bertz CT molecular complexity index is 830. The molecule has 0 bridgehead atoms. The van der Waals surface area contributed by atoms with Crippen molar-refractivity contribution < 1.29 is 13.7 Å². The van der Waals surface area contributed by atoms with Gasteiger partial charge in [-0.15, -0.1) is 0 Å². The highest BCUT2D eigenvalue weighted by molar-refractivity contribution is 5.34. The largest absolute Gasteiger partial charge is 0.453 e. The molecule has 3 rings (SSSR count). The molecule has 0 unspecified atom stereocenters. The average molecular weight is 341 g/mol. The Hall–Kier alpha value is -2.73. The first kappa shape index (κ1) is 17.1. The summed E-state index contributed by atoms with van der Waals surface area (Å²) in [5, 5.41) is 7.30. The van der Waals surface area contributed by atoms with E-state index in [0.717, 1.165) is 22.6 Å². The summed E-state index contributed by atoms with van der Waals surface area (Å²) in [4.78, 5) is 3.95. The van der Waals surface area contributed by atoms with Crippen LogP contribution in [-0.4, -0.2) is 10.1 Å². The standard InChI is InChI=1S/C19H20FN3O2/c1-12(22-11-17-13(2)23-25-14(17)3)15-6-7-19(18(20)9-15)24-16-5-4-8-21-10-16/h4-10,12,22H,11H2,1-3H3/t12-/m0/s1. The number of rotatable bonds is 6. The van der Waals surface area contributed by atoms with Crippen molar-refractivity contribution in [2.24, 2.45) is 0 Å². The first-order chi connectivity index (χ1) is 12.0. The van der Waals surface area contributed by atoms with Crippen LogP contribution < -0.4 is 10.1 Å². The lowest BCUT2D eigenvalue weighted by atomic mass is 10.1. The van der Waals surface area contributed by atoms with Crippen LogP contribution in [-0.2, 0) is 6.54 Å². The first-order valence-electron chi connectivity index (χ1n) is 8.07. The normalized spacial score (nSPS) is 12.2. The van der Waals surface area contributed by atoms with Crippen molar-refractivity contribution >= 4 is 0 Å². The summed E-state index contributed by atoms with van der Waals surface area (Å²) < 4.78 is 25.0. The number of benzene rings is 1. The van der Waals surface area contributed by atoms with E-state index in [4.69, 9.17) is 9.26 Å². The fourth-order valence-electron chi connectivity index (χ4n) is 2.53. The minimum atomic E-state index is -0.410. The van der Waals surface area contributed by atoms with Gasteiger partial charge in [0.2, 0.25) is 0 Å². The van der Waals surface area contributed by atoms with Crippen molar-refractivity contribution in [3.05, 3.63) is 71.1 Å². The second kappa shape index (κ2) is 7.44. The summed E-state index contributed by atoms with van der Waals surface area (Å²) in [7, 11) is 0. The average Bonchev–Trinajstić information content (AvgIpc) is 2.93. The molecule has 0 aliphatic rings. The summed E-state index contributed by atoms with van der Waals surface area (Å²) in [6, 6.07) is 8.40. The number of nitrogens with one attached hydrogen (secondary N) is 1. The lowest BCUT2D eigenvalue weighted by Gasteiger charge is -2.15. The molecule has 0 aliphatic heterocycles. The third-order valence-electron chi connectivity index (χ3n) is 4.08. The maximum absolute atomic E-state index is 14.3. The molecular weight excluding hydrogens is 321 g/mol. The van der Waals surface area contributed by atoms with Crippen LogP contribution in [0.1, 0.15) is 35.5 Å². The third kappa shape index (κ3) is 4.03. The molecule has 1 aromatic carbocycles. The maximum Gasteiger partial charge on any atom is 0.166 e. The van der Waals surface area contributed by atoms with Gasteiger partial charge in [0.1, 0.15) is 11.5 Å². The smallest absolute Gasteiger partial charge is 0.166 e. The molecule has 2 aromatic heterocycles. The van der Waals surface area contributed by atoms with E-state index >= 15 is 0 Å². The topological polar surface area (TPSA) is 60.2 Å². The fourth-order valence-corrected chi connectivity index (χ4v) is 2.53. The highest BCUT2D eigenvalue weighted by Crippen LogP contribution is 2.26. The zero-order valence-corrected chi connectivity index (χ0v) is 14.4. The zero-order valence-electron chi connectivity index (χ0n) is 14.4. The summed E-state index contributed by atoms with van der Waals surface area (Å²) in [6.45, 7) is 6.38. The minimum Gasteiger partial charge on any atom is -0.453 e. The number of aryl methyl sites for hydroxylation is 2. The summed E-state index contributed by atoms with van der Waals surface area (Å²) in [6.07, 6.45) is 3.18. The summed E-state index contributed by atoms with van der Waals surface area (Å²) >= 11 is 0. The SMILES string of the molecule is Cc1noc(C)c1CN[C@@H](C)c1ccc(Oc2cccnc2)c(F)c1. The number of hydrogen-bond donors (Lipinski definition) is 1. The first-order valence-corrected chi connectivity index (χ1v) is 8.07. The summed E-state index contributed by atoms with van der Waals surface area (Å²) in [5.74, 6) is 1.06. The molecule has 0 radical (unpaired) electrons. The highest BCUT2D eigenvalue weighted by atomic mass is 19.1. The Morgan fingerprint density at radius 1 is 1.28 bits per heavy atom. The lowest BCUT2D eigenvalue weighted by molar-refractivity contribution is 0.391. The zero-order chi connectivity index (χ0) is 17.8. The molecule has 0 fully saturated rings. The molecule has 1 atom stereocenters. The van der Waals surface area contributed by atoms with E-state index in [1.54, 1.807) is 30.6 Å². The van der Waals surface area contributed by atoms with Crippen LogP contribution in [0.2, 0.25) is 0 Å². The Kier molecular flexibility index (Phi) is 5.09. The van der Waals surface area contributed by atoms with Crippen LogP contribution >= 0.6 is 0 Å². The number of halogens is 1. The van der Waals surface area contributed by atoms with Crippen molar-refractivity contribution in [3.8, 4) is 11.5 Å². The Balaban J connectivity index is 1.67. The molecule has 0 saturated heterocycles. The Morgan fingerprint density at radius 3 is 2.76 bits per heavy atom. The van der Waals surface area contributed by atoms with Crippen molar-refractivity contribution in [1.29, 1.82) is 0 Å². The van der Waals surface area contributed by atoms with Gasteiger partial charge in [-0.05, 0) is 50.6 Å². The maximum atomic E-state index is 14.3. The minimum absolute atomic E-state index is 0.0318. The van der Waals surface area contributed by atoms with Gasteiger partial charge in [-0.3, -0.25) is 4.98 Å². The van der Waals surface area contributed by atoms with Crippen molar-refractivity contribution in [1.82, 2.24) is 15.5 Å². The summed E-state index contributed by atoms with van der Waals surface area (Å²) in [5.41, 5.74) is 2.73. The molecule has 2 heterocycles. The van der Waals surface area contributed by atoms with Crippen LogP contribution in [0.5, 0.6) is 11.5 Å². The van der Waals surface area contributed by atoms with Gasteiger partial charge in [0.05, 0.1) is 11.9 Å². The van der Waals surface area contributed by atoms with Crippen molar-refractivity contribution in [2.45, 2.75) is 33.4 Å². The molecule has 6 heteroatoms. The second-order valence-electron chi connectivity index (χ2n) is 5.89. The van der Waals surface area contributed by atoms with Gasteiger partial charge in [-0.25, -0.2) is 4.39 Å². The van der Waals surface area contributed by atoms with Gasteiger partial charge < -0.3 is 14.6 Å². The highest BCUT2D eigenvalue weighted by Gasteiger charge is 2.13. The van der Waals surface area contributed by atoms with Crippen LogP contribution in [0.3, 0.4) is 0 Å². The van der Waals surface area contributed by atoms with Gasteiger partial charge in [0.25, 0.3) is 0 Å². The van der Waals surface area contributed by atoms with Crippen LogP contribution in [0, 0.1) is 19.7 Å². The molecule has 25 heavy (non-hydrogen) atoms. The van der Waals surface area contributed by atoms with Crippen LogP contribution in [0.25, 0.3) is 0 Å². The van der Waals surface area contributed by atoms with E-state index in [9.17, 15) is 4.39 Å². The van der Waals surface area contributed by atoms with E-state index in [0.29, 0.717) is 12.3 Å². The molecule has 3 aromatic rings. The number of ether oxygens (including phenoxy) is 1. The van der Waals surface area contributed by atoms with Crippen molar-refractivity contribution in [2.75, 3.05) is 0 Å². The lowest BCUT2D eigenvalue weighted by Crippen LogP contribution is -2.19. The predicted octanol–water partition coefficient (Wildman–Crippen LogP) is 4.47. The Morgan fingerprint density at radius 2 is 2.12 bits per heavy atom. The Labute approximate surface area is 145 Å². The molecule has 130 valence electrons. The quantitative estimate of drug-likeness (QED) is 0.717. The molecule has 0 aliphatic carbocycles. The van der Waals surface area contributed by atoms with Gasteiger partial charge >= 0.3 is 0 Å². The van der Waals surface area contributed by atoms with E-state index in [-0.39, 0.29) is 11.8 Å². The predicted molar refractivity (Wildman–Crippen MR) is 91.9 cm³/mol. The number of hydrogen-bond acceptors (Lipinski definition) is 5. The van der Waals surface area contributed by atoms with Gasteiger partial charge in [0.15, 0.2) is 11.6 Å². The monoisotopic (exact) mass is 341 g/mol. The van der Waals surface area contributed by atoms with E-state index in [2.05, 4.69) is 15.5 Å². The van der Waals surface area contributed by atoms with Gasteiger partial charge in [-0.2, -0.15) is 0 Å². The van der Waals surface area contributed by atoms with Gasteiger partial charge in [0, 0.05) is 24.3 Å². The van der Waals surface area contributed by atoms with Crippen LogP contribution in [0.4, 0.5) is 4.39 Å². The molecule has 0 saturated carbocycles. The second-order valence-corrected chi connectivity index (χ2v) is 5.89. The van der Waals surface area contributed by atoms with Crippen LogP contribution in [0.15, 0.2) is 47.2 Å². The number of aromatic nitrogens is 2. The molecule has 5 nitrogen and oxygen atoms in total. The number of pyridine rings is 1. The number of nitrogens with zero attached hydrogens (tertiary/aromatic N) is 2. The molecule has 0 spiro atoms. The van der Waals surface area contributed by atoms with E-state index in [1.807, 2.05) is 26.8 Å². The van der Waals surface area contributed by atoms with Crippen molar-refractivity contribution in [3.63, 3.8) is 0 Å².